The molecule has 1 N–H and O–H groups in total. The van der Waals surface area contributed by atoms with Gasteiger partial charge in [0.2, 0.25) is 0 Å². The van der Waals surface area contributed by atoms with Crippen molar-refractivity contribution in [3.63, 3.8) is 0 Å². The average Bonchev–Trinajstić information content (AvgIpc) is 2.33. The van der Waals surface area contributed by atoms with Gasteiger partial charge in [0.1, 0.15) is 5.15 Å². The van der Waals surface area contributed by atoms with Crippen LogP contribution in [0, 0.1) is 6.92 Å². The summed E-state index contributed by atoms with van der Waals surface area (Å²) in [5, 5.41) is 4.88. The van der Waals surface area contributed by atoms with Crippen LogP contribution in [0.3, 0.4) is 0 Å². The van der Waals surface area contributed by atoms with E-state index in [1.165, 1.54) is 0 Å². The monoisotopic (exact) mass is 300 g/mol. The molecule has 0 aliphatic rings. The van der Waals surface area contributed by atoms with Crippen molar-refractivity contribution in [3.8, 4) is 0 Å². The van der Waals surface area contributed by atoms with Gasteiger partial charge in [-0.15, -0.1) is 0 Å². The van der Waals surface area contributed by atoms with E-state index < -0.39 is 0 Å². The fourth-order valence-electron chi connectivity index (χ4n) is 1.59. The lowest BCUT2D eigenvalue weighted by molar-refractivity contribution is 1.11. The van der Waals surface area contributed by atoms with Gasteiger partial charge in [-0.1, -0.05) is 46.9 Å². The minimum absolute atomic E-state index is 0.485. The van der Waals surface area contributed by atoms with Gasteiger partial charge in [-0.05, 0) is 30.7 Å². The molecule has 0 aliphatic carbocycles. The maximum Gasteiger partial charge on any atom is 0.129 e. The first-order valence-corrected chi connectivity index (χ1v) is 6.51. The van der Waals surface area contributed by atoms with Gasteiger partial charge in [0.05, 0.1) is 21.4 Å². The fourth-order valence-corrected chi connectivity index (χ4v) is 2.17. The molecule has 94 valence electrons. The second kappa shape index (κ2) is 5.79. The summed E-state index contributed by atoms with van der Waals surface area (Å²) in [7, 11) is 0. The molecular formula is C13H11Cl3N2. The first-order valence-electron chi connectivity index (χ1n) is 5.38. The van der Waals surface area contributed by atoms with Crippen LogP contribution in [0.1, 0.15) is 11.3 Å². The van der Waals surface area contributed by atoms with Crippen molar-refractivity contribution in [2.45, 2.75) is 13.5 Å². The Morgan fingerprint density at radius 2 is 1.89 bits per heavy atom. The second-order valence-corrected chi connectivity index (χ2v) is 5.01. The van der Waals surface area contributed by atoms with E-state index in [2.05, 4.69) is 10.3 Å². The lowest BCUT2D eigenvalue weighted by Crippen LogP contribution is -2.02. The third kappa shape index (κ3) is 3.08. The summed E-state index contributed by atoms with van der Waals surface area (Å²) in [5.41, 5.74) is 2.72. The summed E-state index contributed by atoms with van der Waals surface area (Å²) in [6.45, 7) is 2.48. The molecule has 5 heteroatoms. The molecule has 18 heavy (non-hydrogen) atoms. The standard InChI is InChI=1S/C13H11Cl3N2/c1-8-11(5-6-12(15)18-8)17-7-9-3-2-4-10(14)13(9)16/h2-6,17H,7H2,1H3. The zero-order valence-corrected chi connectivity index (χ0v) is 11.9. The Morgan fingerprint density at radius 1 is 1.11 bits per heavy atom. The molecule has 0 spiro atoms. The molecule has 2 rings (SSSR count). The van der Waals surface area contributed by atoms with Crippen molar-refractivity contribution in [1.29, 1.82) is 0 Å². The van der Waals surface area contributed by atoms with Crippen molar-refractivity contribution < 1.29 is 0 Å². The fraction of sp³-hybridized carbons (Fsp3) is 0.154. The predicted octanol–water partition coefficient (Wildman–Crippen LogP) is 4.96. The smallest absolute Gasteiger partial charge is 0.129 e. The number of benzene rings is 1. The zero-order valence-electron chi connectivity index (χ0n) is 9.67. The first-order chi connectivity index (χ1) is 8.58. The largest absolute Gasteiger partial charge is 0.379 e. The highest BCUT2D eigenvalue weighted by atomic mass is 35.5. The van der Waals surface area contributed by atoms with Crippen LogP contribution in [-0.4, -0.2) is 4.98 Å². The van der Waals surface area contributed by atoms with Crippen LogP contribution in [0.2, 0.25) is 15.2 Å². The highest BCUT2D eigenvalue weighted by molar-refractivity contribution is 6.42. The quantitative estimate of drug-likeness (QED) is 0.810. The van der Waals surface area contributed by atoms with Crippen LogP contribution in [-0.2, 0) is 6.54 Å². The van der Waals surface area contributed by atoms with E-state index in [1.807, 2.05) is 25.1 Å². The van der Waals surface area contributed by atoms with Gasteiger partial charge < -0.3 is 5.32 Å². The Balaban J connectivity index is 2.14. The number of nitrogens with one attached hydrogen (secondary N) is 1. The maximum atomic E-state index is 6.12. The Bertz CT molecular complexity index is 570. The van der Waals surface area contributed by atoms with Crippen molar-refractivity contribution in [3.05, 3.63) is 56.8 Å². The third-order valence-electron chi connectivity index (χ3n) is 2.55. The lowest BCUT2D eigenvalue weighted by Gasteiger charge is -2.10. The van der Waals surface area contributed by atoms with Gasteiger partial charge in [-0.3, -0.25) is 0 Å². The molecule has 0 aliphatic heterocycles. The van der Waals surface area contributed by atoms with E-state index >= 15 is 0 Å². The van der Waals surface area contributed by atoms with E-state index in [1.54, 1.807) is 12.1 Å². The number of aromatic nitrogens is 1. The molecule has 1 heterocycles. The van der Waals surface area contributed by atoms with E-state index in [0.29, 0.717) is 21.7 Å². The topological polar surface area (TPSA) is 24.9 Å². The lowest BCUT2D eigenvalue weighted by atomic mass is 10.2. The number of hydrogen-bond acceptors (Lipinski definition) is 2. The van der Waals surface area contributed by atoms with Gasteiger partial charge in [0, 0.05) is 6.54 Å². The van der Waals surface area contributed by atoms with Gasteiger partial charge in [0.15, 0.2) is 0 Å². The minimum Gasteiger partial charge on any atom is -0.379 e. The van der Waals surface area contributed by atoms with E-state index in [-0.39, 0.29) is 0 Å². The highest BCUT2D eigenvalue weighted by Crippen LogP contribution is 2.26. The van der Waals surface area contributed by atoms with E-state index in [4.69, 9.17) is 34.8 Å². The van der Waals surface area contributed by atoms with Crippen LogP contribution in [0.15, 0.2) is 30.3 Å². The summed E-state index contributed by atoms with van der Waals surface area (Å²) in [4.78, 5) is 4.17. The Kier molecular flexibility index (Phi) is 4.33. The molecule has 0 saturated carbocycles. The SMILES string of the molecule is Cc1nc(Cl)ccc1NCc1cccc(Cl)c1Cl. The minimum atomic E-state index is 0.485. The van der Waals surface area contributed by atoms with Crippen LogP contribution < -0.4 is 5.32 Å². The van der Waals surface area contributed by atoms with E-state index in [9.17, 15) is 0 Å². The van der Waals surface area contributed by atoms with Crippen LogP contribution >= 0.6 is 34.8 Å². The molecule has 0 bridgehead atoms. The van der Waals surface area contributed by atoms with Crippen molar-refractivity contribution in [1.82, 2.24) is 4.98 Å². The molecule has 0 fully saturated rings. The van der Waals surface area contributed by atoms with Gasteiger partial charge in [-0.2, -0.15) is 0 Å². The van der Waals surface area contributed by atoms with Gasteiger partial charge in [-0.25, -0.2) is 4.98 Å². The van der Waals surface area contributed by atoms with Crippen LogP contribution in [0.4, 0.5) is 5.69 Å². The Morgan fingerprint density at radius 3 is 2.61 bits per heavy atom. The molecule has 0 unspecified atom stereocenters. The summed E-state index contributed by atoms with van der Waals surface area (Å²) < 4.78 is 0. The molecule has 1 aromatic carbocycles. The third-order valence-corrected chi connectivity index (χ3v) is 3.62. The van der Waals surface area contributed by atoms with Crippen molar-refractivity contribution in [2.75, 3.05) is 5.32 Å². The number of aryl methyl sites for hydroxylation is 1. The molecule has 2 aromatic rings. The predicted molar refractivity (Wildman–Crippen MR) is 77.8 cm³/mol. The Labute approximate surface area is 121 Å². The van der Waals surface area contributed by atoms with E-state index in [0.717, 1.165) is 16.9 Å². The number of halogens is 3. The molecule has 1 aromatic heterocycles. The zero-order chi connectivity index (χ0) is 13.1. The summed E-state index contributed by atoms with van der Waals surface area (Å²) in [6.07, 6.45) is 0. The number of rotatable bonds is 3. The maximum absolute atomic E-state index is 6.12. The molecule has 0 amide bonds. The number of anilines is 1. The van der Waals surface area contributed by atoms with Gasteiger partial charge >= 0.3 is 0 Å². The normalized spacial score (nSPS) is 10.4. The first kappa shape index (κ1) is 13.5. The van der Waals surface area contributed by atoms with Crippen LogP contribution in [0.25, 0.3) is 0 Å². The molecule has 0 atom stereocenters. The van der Waals surface area contributed by atoms with Crippen molar-refractivity contribution >= 4 is 40.5 Å². The highest BCUT2D eigenvalue weighted by Gasteiger charge is 2.05. The second-order valence-electron chi connectivity index (χ2n) is 3.83. The Hall–Kier alpha value is -0.960. The van der Waals surface area contributed by atoms with Crippen molar-refractivity contribution in [2.24, 2.45) is 0 Å². The number of pyridine rings is 1. The molecular weight excluding hydrogens is 291 g/mol. The summed E-state index contributed by atoms with van der Waals surface area (Å²) >= 11 is 17.9. The number of nitrogens with zero attached hydrogens (tertiary/aromatic N) is 1. The molecule has 2 nitrogen and oxygen atoms in total. The van der Waals surface area contributed by atoms with Gasteiger partial charge in [0.25, 0.3) is 0 Å². The summed E-state index contributed by atoms with van der Waals surface area (Å²) in [5.74, 6) is 0. The molecule has 0 saturated heterocycles. The molecule has 0 radical (unpaired) electrons. The average molecular weight is 302 g/mol. The number of hydrogen-bond donors (Lipinski definition) is 1. The summed E-state index contributed by atoms with van der Waals surface area (Å²) in [6, 6.07) is 9.21. The van der Waals surface area contributed by atoms with Crippen LogP contribution in [0.5, 0.6) is 0 Å².